The van der Waals surface area contributed by atoms with E-state index in [-0.39, 0.29) is 0 Å². The number of aliphatic carboxylic acids is 1. The van der Waals surface area contributed by atoms with Gasteiger partial charge in [0.2, 0.25) is 0 Å². The van der Waals surface area contributed by atoms with Gasteiger partial charge in [0.05, 0.1) is 0 Å². The van der Waals surface area contributed by atoms with Gasteiger partial charge in [-0.25, -0.2) is 0 Å². The Morgan fingerprint density at radius 1 is 1.36 bits per heavy atom. The number of hydrogen-bond donors (Lipinski definition) is 2. The highest BCUT2D eigenvalue weighted by molar-refractivity contribution is 5.92. The zero-order chi connectivity index (χ0) is 16.1. The summed E-state index contributed by atoms with van der Waals surface area (Å²) in [5, 5.41) is 9.57. The average molecular weight is 304 g/mol. The van der Waals surface area contributed by atoms with Crippen LogP contribution in [-0.2, 0) is 16.0 Å². The second-order valence-corrected chi connectivity index (χ2v) is 5.21. The standard InChI is InChI=1S/C16H20N2O4/c1-3-18(2)7-6-11-10-17-14-5-4-12(8-13(11)14)22-16(21)9-15(19)20/h4-5,8,10,17H,3,6-7,9H2,1-2H3,(H,19,20). The monoisotopic (exact) mass is 304 g/mol. The van der Waals surface area contributed by atoms with Gasteiger partial charge in [-0.3, -0.25) is 9.59 Å². The number of fused-ring (bicyclic) bond motifs is 1. The Labute approximate surface area is 128 Å². The number of benzene rings is 1. The Kier molecular flexibility index (Phi) is 5.16. The molecule has 0 aliphatic carbocycles. The summed E-state index contributed by atoms with van der Waals surface area (Å²) in [5.74, 6) is -1.60. The van der Waals surface area contributed by atoms with Crippen LogP contribution in [0.1, 0.15) is 18.9 Å². The minimum Gasteiger partial charge on any atom is -0.481 e. The van der Waals surface area contributed by atoms with E-state index in [2.05, 4.69) is 23.9 Å². The SMILES string of the molecule is CCN(C)CCc1c[nH]c2ccc(OC(=O)CC(=O)O)cc12. The van der Waals surface area contributed by atoms with Crippen LogP contribution < -0.4 is 4.74 Å². The fourth-order valence-corrected chi connectivity index (χ4v) is 2.19. The highest BCUT2D eigenvalue weighted by Gasteiger charge is 2.12. The predicted octanol–water partition coefficient (Wildman–Crippen LogP) is 2.04. The van der Waals surface area contributed by atoms with Crippen molar-refractivity contribution in [3.8, 4) is 5.75 Å². The number of H-pyrrole nitrogens is 1. The van der Waals surface area contributed by atoms with Crippen LogP contribution in [0, 0.1) is 0 Å². The molecular weight excluding hydrogens is 284 g/mol. The first-order valence-electron chi connectivity index (χ1n) is 7.20. The normalized spacial score (nSPS) is 11.0. The second kappa shape index (κ2) is 7.09. The molecule has 0 fully saturated rings. The van der Waals surface area contributed by atoms with Crippen LogP contribution in [-0.4, -0.2) is 47.1 Å². The molecule has 118 valence electrons. The molecule has 2 N–H and O–H groups in total. The van der Waals surface area contributed by atoms with Crippen molar-refractivity contribution < 1.29 is 19.4 Å². The molecule has 0 saturated carbocycles. The van der Waals surface area contributed by atoms with Crippen molar-refractivity contribution in [3.05, 3.63) is 30.0 Å². The van der Waals surface area contributed by atoms with E-state index < -0.39 is 18.4 Å². The van der Waals surface area contributed by atoms with Gasteiger partial charge in [-0.15, -0.1) is 0 Å². The maximum atomic E-state index is 11.4. The summed E-state index contributed by atoms with van der Waals surface area (Å²) in [5.41, 5.74) is 2.11. The second-order valence-electron chi connectivity index (χ2n) is 5.21. The van der Waals surface area contributed by atoms with Crippen molar-refractivity contribution in [2.45, 2.75) is 19.8 Å². The molecule has 0 atom stereocenters. The van der Waals surface area contributed by atoms with Crippen molar-refractivity contribution >= 4 is 22.8 Å². The molecule has 0 radical (unpaired) electrons. The summed E-state index contributed by atoms with van der Waals surface area (Å²) < 4.78 is 5.06. The van der Waals surface area contributed by atoms with E-state index in [0.29, 0.717) is 5.75 Å². The summed E-state index contributed by atoms with van der Waals surface area (Å²) in [6.07, 6.45) is 2.20. The van der Waals surface area contributed by atoms with Crippen LogP contribution >= 0.6 is 0 Å². The molecule has 0 saturated heterocycles. The Balaban J connectivity index is 2.14. The smallest absolute Gasteiger partial charge is 0.322 e. The van der Waals surface area contributed by atoms with Crippen molar-refractivity contribution in [1.29, 1.82) is 0 Å². The van der Waals surface area contributed by atoms with Crippen LogP contribution in [0.25, 0.3) is 10.9 Å². The summed E-state index contributed by atoms with van der Waals surface area (Å²) in [4.78, 5) is 27.3. The lowest BCUT2D eigenvalue weighted by atomic mass is 10.1. The third-order valence-corrected chi connectivity index (χ3v) is 3.57. The lowest BCUT2D eigenvalue weighted by Gasteiger charge is -2.12. The third kappa shape index (κ3) is 4.08. The number of ether oxygens (including phenoxy) is 1. The number of esters is 1. The number of aromatic amines is 1. The van der Waals surface area contributed by atoms with Gasteiger partial charge in [-0.2, -0.15) is 0 Å². The molecule has 0 aliphatic rings. The predicted molar refractivity (Wildman–Crippen MR) is 83.1 cm³/mol. The lowest BCUT2D eigenvalue weighted by molar-refractivity contribution is -0.145. The Hall–Kier alpha value is -2.34. The first kappa shape index (κ1) is 16.0. The molecule has 6 heteroatoms. The molecule has 0 unspecified atom stereocenters. The number of carboxylic acid groups (broad SMARTS) is 1. The van der Waals surface area contributed by atoms with Gasteiger partial charge < -0.3 is 19.7 Å². The molecule has 1 aromatic heterocycles. The number of carbonyl (C=O) groups is 2. The quantitative estimate of drug-likeness (QED) is 0.465. The summed E-state index contributed by atoms with van der Waals surface area (Å²) in [6.45, 7) is 4.03. The third-order valence-electron chi connectivity index (χ3n) is 3.57. The van der Waals surface area contributed by atoms with Crippen LogP contribution in [0.3, 0.4) is 0 Å². The van der Waals surface area contributed by atoms with Crippen molar-refractivity contribution in [1.82, 2.24) is 9.88 Å². The first-order valence-corrected chi connectivity index (χ1v) is 7.20. The Bertz CT molecular complexity index is 678. The molecule has 2 rings (SSSR count). The topological polar surface area (TPSA) is 82.6 Å². The van der Waals surface area contributed by atoms with Crippen LogP contribution in [0.5, 0.6) is 5.75 Å². The molecule has 1 heterocycles. The molecule has 2 aromatic rings. The molecule has 0 amide bonds. The van der Waals surface area contributed by atoms with Crippen molar-refractivity contribution in [2.75, 3.05) is 20.1 Å². The number of nitrogens with one attached hydrogen (secondary N) is 1. The largest absolute Gasteiger partial charge is 0.481 e. The van der Waals surface area contributed by atoms with Gasteiger partial charge >= 0.3 is 11.9 Å². The van der Waals surface area contributed by atoms with E-state index in [1.165, 1.54) is 0 Å². The molecule has 0 spiro atoms. The minimum atomic E-state index is -1.20. The van der Waals surface area contributed by atoms with Crippen LogP contribution in [0.15, 0.2) is 24.4 Å². The van der Waals surface area contributed by atoms with Gasteiger partial charge in [0, 0.05) is 23.6 Å². The van der Waals surface area contributed by atoms with Crippen LogP contribution in [0.4, 0.5) is 0 Å². The van der Waals surface area contributed by atoms with Gasteiger partial charge in [-0.1, -0.05) is 6.92 Å². The molecular formula is C16H20N2O4. The number of likely N-dealkylation sites (N-methyl/N-ethyl adjacent to an activating group) is 1. The maximum absolute atomic E-state index is 11.4. The fraction of sp³-hybridized carbons (Fsp3) is 0.375. The molecule has 22 heavy (non-hydrogen) atoms. The first-order chi connectivity index (χ1) is 10.5. The van der Waals surface area contributed by atoms with Crippen molar-refractivity contribution in [3.63, 3.8) is 0 Å². The van der Waals surface area contributed by atoms with E-state index in [0.717, 1.165) is 36.0 Å². The van der Waals surface area contributed by atoms with Gasteiger partial charge in [0.1, 0.15) is 12.2 Å². The number of carbonyl (C=O) groups excluding carboxylic acids is 1. The number of carboxylic acids is 1. The van der Waals surface area contributed by atoms with Gasteiger partial charge in [0.25, 0.3) is 0 Å². The highest BCUT2D eigenvalue weighted by Crippen LogP contribution is 2.24. The van der Waals surface area contributed by atoms with E-state index in [9.17, 15) is 9.59 Å². The number of nitrogens with zero attached hydrogens (tertiary/aromatic N) is 1. The van der Waals surface area contributed by atoms with E-state index in [4.69, 9.17) is 9.84 Å². The fourth-order valence-electron chi connectivity index (χ4n) is 2.19. The zero-order valence-corrected chi connectivity index (χ0v) is 12.8. The molecule has 0 bridgehead atoms. The van der Waals surface area contributed by atoms with E-state index in [1.807, 2.05) is 12.3 Å². The minimum absolute atomic E-state index is 0.364. The summed E-state index contributed by atoms with van der Waals surface area (Å²) >= 11 is 0. The van der Waals surface area contributed by atoms with Gasteiger partial charge in [-0.05, 0) is 43.8 Å². The lowest BCUT2D eigenvalue weighted by Crippen LogP contribution is -2.20. The number of hydrogen-bond acceptors (Lipinski definition) is 4. The van der Waals surface area contributed by atoms with Crippen molar-refractivity contribution in [2.24, 2.45) is 0 Å². The Morgan fingerprint density at radius 3 is 2.82 bits per heavy atom. The zero-order valence-electron chi connectivity index (χ0n) is 12.8. The van der Waals surface area contributed by atoms with E-state index in [1.54, 1.807) is 12.1 Å². The Morgan fingerprint density at radius 2 is 2.14 bits per heavy atom. The molecule has 6 nitrogen and oxygen atoms in total. The maximum Gasteiger partial charge on any atom is 0.322 e. The van der Waals surface area contributed by atoms with E-state index >= 15 is 0 Å². The number of aromatic nitrogens is 1. The molecule has 0 aliphatic heterocycles. The number of rotatable bonds is 7. The van der Waals surface area contributed by atoms with Crippen LogP contribution in [0.2, 0.25) is 0 Å². The van der Waals surface area contributed by atoms with Gasteiger partial charge in [0.15, 0.2) is 0 Å². The highest BCUT2D eigenvalue weighted by atomic mass is 16.5. The molecule has 1 aromatic carbocycles. The summed E-state index contributed by atoms with van der Waals surface area (Å²) in [6, 6.07) is 5.25. The summed E-state index contributed by atoms with van der Waals surface area (Å²) in [7, 11) is 2.06. The average Bonchev–Trinajstić information content (AvgIpc) is 2.86.